The van der Waals surface area contributed by atoms with Gasteiger partial charge in [0.25, 0.3) is 5.91 Å². The molecule has 1 amide bonds. The van der Waals surface area contributed by atoms with Crippen LogP contribution in [0.15, 0.2) is 30.9 Å². The topological polar surface area (TPSA) is 45.5 Å². The van der Waals surface area contributed by atoms with Crippen LogP contribution < -0.4 is 0 Å². The van der Waals surface area contributed by atoms with Gasteiger partial charge >= 0.3 is 0 Å². The van der Waals surface area contributed by atoms with Crippen LogP contribution in [-0.2, 0) is 6.54 Å². The van der Waals surface area contributed by atoms with E-state index >= 15 is 0 Å². The number of likely N-dealkylation sites (N-methyl/N-ethyl adjacent to an activating group) is 1. The van der Waals surface area contributed by atoms with E-state index < -0.39 is 0 Å². The zero-order valence-electron chi connectivity index (χ0n) is 15.2. The molecule has 4 heteroatoms. The zero-order chi connectivity index (χ0) is 17.9. The summed E-state index contributed by atoms with van der Waals surface area (Å²) in [5.74, 6) is 0.408. The number of carbonyl (C=O) groups is 1. The second kappa shape index (κ2) is 7.67. The van der Waals surface area contributed by atoms with Gasteiger partial charge in [-0.05, 0) is 43.0 Å². The van der Waals surface area contributed by atoms with Gasteiger partial charge in [0.15, 0.2) is 0 Å². The number of aliphatic hydroxyl groups is 1. The molecule has 0 saturated carbocycles. The van der Waals surface area contributed by atoms with Crippen molar-refractivity contribution in [2.45, 2.75) is 40.2 Å². The predicted octanol–water partition coefficient (Wildman–Crippen LogP) is 3.71. The summed E-state index contributed by atoms with van der Waals surface area (Å²) in [5.41, 5.74) is 4.01. The molecular formula is C20H28N2O2. The van der Waals surface area contributed by atoms with E-state index in [1.807, 2.05) is 24.5 Å². The standard InChI is InChI=1S/C20H28N2O2/c1-6-10-22-18-9-8-16(14(3)4)13-17(18)15(5)19(22)20(24)21(7-2)11-12-23/h6,8-9,13-14,23H,1,7,10-12H2,2-5H3. The zero-order valence-corrected chi connectivity index (χ0v) is 15.2. The average Bonchev–Trinajstić information content (AvgIpc) is 2.84. The summed E-state index contributed by atoms with van der Waals surface area (Å²) >= 11 is 0. The highest BCUT2D eigenvalue weighted by molar-refractivity contribution is 6.01. The molecule has 1 heterocycles. The number of nitrogens with zero attached hydrogens (tertiary/aromatic N) is 2. The van der Waals surface area contributed by atoms with Crippen molar-refractivity contribution in [3.8, 4) is 0 Å². The number of hydrogen-bond donors (Lipinski definition) is 1. The second-order valence-corrected chi connectivity index (χ2v) is 6.41. The van der Waals surface area contributed by atoms with Crippen LogP contribution in [0.2, 0.25) is 0 Å². The van der Waals surface area contributed by atoms with Gasteiger partial charge < -0.3 is 14.6 Å². The fourth-order valence-corrected chi connectivity index (χ4v) is 3.17. The van der Waals surface area contributed by atoms with Crippen LogP contribution in [0.5, 0.6) is 0 Å². The van der Waals surface area contributed by atoms with Crippen molar-refractivity contribution in [2.75, 3.05) is 19.7 Å². The highest BCUT2D eigenvalue weighted by Crippen LogP contribution is 2.30. The minimum absolute atomic E-state index is 0.0299. The smallest absolute Gasteiger partial charge is 0.270 e. The van der Waals surface area contributed by atoms with Crippen molar-refractivity contribution in [2.24, 2.45) is 0 Å². The molecule has 1 N–H and O–H groups in total. The Kier molecular flexibility index (Phi) is 5.84. The van der Waals surface area contributed by atoms with Gasteiger partial charge in [-0.15, -0.1) is 6.58 Å². The summed E-state index contributed by atoms with van der Waals surface area (Å²) in [6.07, 6.45) is 1.81. The fourth-order valence-electron chi connectivity index (χ4n) is 3.17. The number of amides is 1. The van der Waals surface area contributed by atoms with E-state index in [1.165, 1.54) is 5.56 Å². The first-order chi connectivity index (χ1) is 11.5. The minimum Gasteiger partial charge on any atom is -0.395 e. The van der Waals surface area contributed by atoms with E-state index in [2.05, 4.69) is 38.6 Å². The highest BCUT2D eigenvalue weighted by atomic mass is 16.3. The maximum Gasteiger partial charge on any atom is 0.270 e. The maximum atomic E-state index is 13.0. The number of fused-ring (bicyclic) bond motifs is 1. The average molecular weight is 328 g/mol. The molecule has 1 aromatic carbocycles. The molecule has 1 aromatic heterocycles. The normalized spacial score (nSPS) is 11.2. The first kappa shape index (κ1) is 18.3. The van der Waals surface area contributed by atoms with Crippen LogP contribution in [0.4, 0.5) is 0 Å². The molecule has 2 rings (SSSR count). The van der Waals surface area contributed by atoms with Crippen LogP contribution in [0, 0.1) is 6.92 Å². The van der Waals surface area contributed by atoms with Gasteiger partial charge in [0.2, 0.25) is 0 Å². The number of aliphatic hydroxyl groups excluding tert-OH is 1. The highest BCUT2D eigenvalue weighted by Gasteiger charge is 2.23. The summed E-state index contributed by atoms with van der Waals surface area (Å²) < 4.78 is 2.03. The van der Waals surface area contributed by atoms with Crippen molar-refractivity contribution >= 4 is 16.8 Å². The Morgan fingerprint density at radius 1 is 1.42 bits per heavy atom. The molecule has 0 fully saturated rings. The van der Waals surface area contributed by atoms with Crippen LogP contribution in [0.3, 0.4) is 0 Å². The largest absolute Gasteiger partial charge is 0.395 e. The molecule has 0 spiro atoms. The lowest BCUT2D eigenvalue weighted by atomic mass is 10.0. The van der Waals surface area contributed by atoms with Crippen molar-refractivity contribution in [3.63, 3.8) is 0 Å². The summed E-state index contributed by atoms with van der Waals surface area (Å²) in [6.45, 7) is 13.6. The van der Waals surface area contributed by atoms with Gasteiger partial charge in [0.05, 0.1) is 6.61 Å². The molecule has 4 nitrogen and oxygen atoms in total. The van der Waals surface area contributed by atoms with Crippen LogP contribution in [0.25, 0.3) is 10.9 Å². The maximum absolute atomic E-state index is 13.0. The van der Waals surface area contributed by atoms with Crippen LogP contribution >= 0.6 is 0 Å². The molecule has 2 aromatic rings. The molecule has 0 radical (unpaired) electrons. The molecule has 0 atom stereocenters. The Balaban J connectivity index is 2.67. The number of rotatable bonds is 7. The first-order valence-electron chi connectivity index (χ1n) is 8.59. The molecule has 0 bridgehead atoms. The Labute approximate surface area is 144 Å². The number of aromatic nitrogens is 1. The van der Waals surface area contributed by atoms with Crippen molar-refractivity contribution in [1.82, 2.24) is 9.47 Å². The van der Waals surface area contributed by atoms with Gasteiger partial charge in [-0.3, -0.25) is 4.79 Å². The van der Waals surface area contributed by atoms with E-state index in [9.17, 15) is 9.90 Å². The minimum atomic E-state index is -0.0341. The number of hydrogen-bond acceptors (Lipinski definition) is 2. The predicted molar refractivity (Wildman–Crippen MR) is 99.6 cm³/mol. The lowest BCUT2D eigenvalue weighted by molar-refractivity contribution is 0.0721. The summed E-state index contributed by atoms with van der Waals surface area (Å²) in [6, 6.07) is 6.42. The molecule has 0 aliphatic carbocycles. The molecule has 0 aliphatic heterocycles. The number of allylic oxidation sites excluding steroid dienone is 1. The van der Waals surface area contributed by atoms with Gasteiger partial charge in [0, 0.05) is 30.5 Å². The SMILES string of the molecule is C=CCn1c(C(=O)N(CC)CCO)c(C)c2cc(C(C)C)ccc21. The summed E-state index contributed by atoms with van der Waals surface area (Å²) in [7, 11) is 0. The van der Waals surface area contributed by atoms with Crippen molar-refractivity contribution in [3.05, 3.63) is 47.7 Å². The lowest BCUT2D eigenvalue weighted by Gasteiger charge is -2.21. The van der Waals surface area contributed by atoms with Crippen LogP contribution in [-0.4, -0.2) is 40.2 Å². The number of benzene rings is 1. The molecule has 0 saturated heterocycles. The molecule has 24 heavy (non-hydrogen) atoms. The van der Waals surface area contributed by atoms with Crippen molar-refractivity contribution in [1.29, 1.82) is 0 Å². The third kappa shape index (κ3) is 3.24. The molecule has 0 unspecified atom stereocenters. The monoisotopic (exact) mass is 328 g/mol. The van der Waals surface area contributed by atoms with Crippen LogP contribution in [0.1, 0.15) is 48.3 Å². The lowest BCUT2D eigenvalue weighted by Crippen LogP contribution is -2.35. The fraction of sp³-hybridized carbons (Fsp3) is 0.450. The van der Waals surface area contributed by atoms with Gasteiger partial charge in [-0.2, -0.15) is 0 Å². The second-order valence-electron chi connectivity index (χ2n) is 6.41. The van der Waals surface area contributed by atoms with Gasteiger partial charge in [0.1, 0.15) is 5.69 Å². The molecule has 130 valence electrons. The van der Waals surface area contributed by atoms with E-state index in [0.717, 1.165) is 16.5 Å². The number of aryl methyl sites for hydroxylation is 1. The van der Waals surface area contributed by atoms with Crippen molar-refractivity contribution < 1.29 is 9.90 Å². The summed E-state index contributed by atoms with van der Waals surface area (Å²) in [5, 5.41) is 10.3. The third-order valence-corrected chi connectivity index (χ3v) is 4.56. The third-order valence-electron chi connectivity index (χ3n) is 4.56. The quantitative estimate of drug-likeness (QED) is 0.788. The Morgan fingerprint density at radius 3 is 2.67 bits per heavy atom. The number of carbonyl (C=O) groups excluding carboxylic acids is 1. The van der Waals surface area contributed by atoms with E-state index in [1.54, 1.807) is 4.90 Å². The van der Waals surface area contributed by atoms with Gasteiger partial charge in [-0.25, -0.2) is 0 Å². The summed E-state index contributed by atoms with van der Waals surface area (Å²) in [4.78, 5) is 14.7. The van der Waals surface area contributed by atoms with E-state index in [-0.39, 0.29) is 12.5 Å². The van der Waals surface area contributed by atoms with E-state index in [4.69, 9.17) is 0 Å². The van der Waals surface area contributed by atoms with Gasteiger partial charge in [-0.1, -0.05) is 26.0 Å². The molecular weight excluding hydrogens is 300 g/mol. The molecule has 0 aliphatic rings. The first-order valence-corrected chi connectivity index (χ1v) is 8.59. The Bertz CT molecular complexity index is 744. The Morgan fingerprint density at radius 2 is 2.12 bits per heavy atom. The Hall–Kier alpha value is -2.07. The van der Waals surface area contributed by atoms with E-state index in [0.29, 0.717) is 31.2 Å².